The maximum absolute atomic E-state index is 10.7. The van der Waals surface area contributed by atoms with Crippen molar-refractivity contribution in [3.63, 3.8) is 0 Å². The van der Waals surface area contributed by atoms with Gasteiger partial charge in [-0.15, -0.1) is 6.58 Å². The van der Waals surface area contributed by atoms with E-state index in [1.54, 1.807) is 18.2 Å². The van der Waals surface area contributed by atoms with Crippen molar-refractivity contribution >= 4 is 6.29 Å². The number of aryl methyl sites for hydroxylation is 2. The lowest BCUT2D eigenvalue weighted by atomic mass is 9.97. The number of aldehydes is 1. The minimum Gasteiger partial charge on any atom is -0.508 e. The van der Waals surface area contributed by atoms with Crippen molar-refractivity contribution in [1.29, 1.82) is 0 Å². The summed E-state index contributed by atoms with van der Waals surface area (Å²) in [5.74, 6) is 1.78. The molecule has 1 aliphatic rings. The summed E-state index contributed by atoms with van der Waals surface area (Å²) in [6.45, 7) is 23.6. The number of carbonyl (C=O) groups is 1. The van der Waals surface area contributed by atoms with E-state index in [9.17, 15) is 9.90 Å². The standard InChI is InChI=1S/C23H30N2O3.C3H8.C3H6.C2H6/c1-17-10-19(6-8-23(17)27)13-25-9-3-4-20(14-25)12-24-18(2)5-7-22-11-21(15-26)16-28-22;2*1-3-2;1-2/h6,8,10-11,15-16,20,24,27H,2-5,7,9,12-14H2,1H3;3H2,1-2H3;3H,1H2,2H3;1-2H3/t20-;;;/m0.../s1. The van der Waals surface area contributed by atoms with Crippen LogP contribution in [0.5, 0.6) is 5.75 Å². The number of rotatable bonds is 9. The summed E-state index contributed by atoms with van der Waals surface area (Å²) in [6, 6.07) is 7.65. The first-order valence-corrected chi connectivity index (χ1v) is 13.4. The largest absolute Gasteiger partial charge is 0.508 e. The monoisotopic (exact) mass is 498 g/mol. The van der Waals surface area contributed by atoms with E-state index in [-0.39, 0.29) is 0 Å². The van der Waals surface area contributed by atoms with Gasteiger partial charge in [0.15, 0.2) is 6.29 Å². The minimum absolute atomic E-state index is 0.361. The van der Waals surface area contributed by atoms with Crippen LogP contribution in [-0.4, -0.2) is 35.9 Å². The summed E-state index contributed by atoms with van der Waals surface area (Å²) in [5, 5.41) is 13.2. The Morgan fingerprint density at radius 2 is 1.94 bits per heavy atom. The number of piperidine rings is 1. The maximum Gasteiger partial charge on any atom is 0.153 e. The Bertz CT molecular complexity index is 872. The van der Waals surface area contributed by atoms with Gasteiger partial charge in [0, 0.05) is 31.8 Å². The van der Waals surface area contributed by atoms with E-state index >= 15 is 0 Å². The Morgan fingerprint density at radius 3 is 2.53 bits per heavy atom. The molecule has 0 radical (unpaired) electrons. The normalized spacial score (nSPS) is 14.6. The van der Waals surface area contributed by atoms with Gasteiger partial charge in [0.1, 0.15) is 17.8 Å². The zero-order valence-corrected chi connectivity index (χ0v) is 23.6. The lowest BCUT2D eigenvalue weighted by Crippen LogP contribution is -2.39. The molecule has 0 spiro atoms. The van der Waals surface area contributed by atoms with Crippen LogP contribution in [0.15, 0.2) is 59.9 Å². The van der Waals surface area contributed by atoms with Crippen LogP contribution in [-0.2, 0) is 13.0 Å². The van der Waals surface area contributed by atoms with Crippen LogP contribution in [0.2, 0.25) is 0 Å². The SMILES string of the molecule is C=C(CCc1cc(C=O)co1)NC[C@@H]1CCCN(Cc2ccc(O)c(C)c2)C1.C=CC.CC.CCC. The number of aromatic hydroxyl groups is 1. The summed E-state index contributed by atoms with van der Waals surface area (Å²) < 4.78 is 5.36. The third-order valence-corrected chi connectivity index (χ3v) is 5.39. The van der Waals surface area contributed by atoms with Gasteiger partial charge in [0.2, 0.25) is 0 Å². The van der Waals surface area contributed by atoms with Gasteiger partial charge < -0.3 is 14.8 Å². The molecular formula is C31H50N2O3. The lowest BCUT2D eigenvalue weighted by molar-refractivity contribution is 0.112. The van der Waals surface area contributed by atoms with Crippen LogP contribution in [0.25, 0.3) is 0 Å². The molecule has 0 aliphatic carbocycles. The summed E-state index contributed by atoms with van der Waals surface area (Å²) >= 11 is 0. The second-order valence-corrected chi connectivity index (χ2v) is 8.93. The predicted molar refractivity (Wildman–Crippen MR) is 154 cm³/mol. The number of allylic oxidation sites excluding steroid dienone is 2. The summed E-state index contributed by atoms with van der Waals surface area (Å²) in [7, 11) is 0. The molecule has 2 N–H and O–H groups in total. The average molecular weight is 499 g/mol. The van der Waals surface area contributed by atoms with Crippen molar-refractivity contribution in [3.8, 4) is 5.75 Å². The highest BCUT2D eigenvalue weighted by atomic mass is 16.3. The average Bonchev–Trinajstić information content (AvgIpc) is 3.34. The number of phenolic OH excluding ortho intramolecular Hbond substituents is 1. The van der Waals surface area contributed by atoms with Gasteiger partial charge in [0.25, 0.3) is 0 Å². The van der Waals surface area contributed by atoms with E-state index < -0.39 is 0 Å². The third-order valence-electron chi connectivity index (χ3n) is 5.39. The number of likely N-dealkylation sites (tertiary alicyclic amines) is 1. The molecule has 202 valence electrons. The van der Waals surface area contributed by atoms with Crippen LogP contribution in [0, 0.1) is 12.8 Å². The number of nitrogens with zero attached hydrogens (tertiary/aromatic N) is 1. The number of benzene rings is 1. The number of hydrogen-bond acceptors (Lipinski definition) is 5. The fourth-order valence-corrected chi connectivity index (χ4v) is 3.78. The molecule has 36 heavy (non-hydrogen) atoms. The molecule has 1 saturated heterocycles. The van der Waals surface area contributed by atoms with Crippen LogP contribution >= 0.6 is 0 Å². The first kappa shape index (κ1) is 33.2. The van der Waals surface area contributed by atoms with Crippen LogP contribution in [0.1, 0.15) is 87.5 Å². The molecule has 1 aliphatic heterocycles. The number of carbonyl (C=O) groups excluding carboxylic acids is 1. The van der Waals surface area contributed by atoms with E-state index in [4.69, 9.17) is 4.42 Å². The number of hydrogen-bond donors (Lipinski definition) is 2. The fraction of sp³-hybridized carbons (Fsp3) is 0.516. The molecule has 5 nitrogen and oxygen atoms in total. The molecule has 2 aromatic rings. The first-order chi connectivity index (χ1) is 17.4. The number of nitrogens with one attached hydrogen (secondary N) is 1. The van der Waals surface area contributed by atoms with Gasteiger partial charge in [-0.1, -0.05) is 58.9 Å². The minimum atomic E-state index is 0.361. The third kappa shape index (κ3) is 13.9. The number of furan rings is 1. The predicted octanol–water partition coefficient (Wildman–Crippen LogP) is 7.69. The Hall–Kier alpha value is -2.79. The van der Waals surface area contributed by atoms with Crippen molar-refractivity contribution in [2.75, 3.05) is 19.6 Å². The van der Waals surface area contributed by atoms with Gasteiger partial charge in [-0.2, -0.15) is 0 Å². The Labute approximate surface area is 220 Å². The molecule has 5 heteroatoms. The molecule has 3 rings (SSSR count). The summed E-state index contributed by atoms with van der Waals surface area (Å²) in [6.07, 6.45) is 9.27. The van der Waals surface area contributed by atoms with Crippen molar-refractivity contribution < 1.29 is 14.3 Å². The second-order valence-electron chi connectivity index (χ2n) is 8.93. The molecule has 1 atom stereocenters. The second kappa shape index (κ2) is 20.4. The Morgan fingerprint density at radius 1 is 1.28 bits per heavy atom. The van der Waals surface area contributed by atoms with Crippen molar-refractivity contribution in [3.05, 3.63) is 77.9 Å². The topological polar surface area (TPSA) is 65.7 Å². The molecule has 0 bridgehead atoms. The van der Waals surface area contributed by atoms with Crippen LogP contribution < -0.4 is 5.32 Å². The van der Waals surface area contributed by atoms with Crippen LogP contribution in [0.3, 0.4) is 0 Å². The number of phenols is 1. The lowest BCUT2D eigenvalue weighted by Gasteiger charge is -2.33. The highest BCUT2D eigenvalue weighted by Gasteiger charge is 2.20. The molecule has 1 aromatic carbocycles. The summed E-state index contributed by atoms with van der Waals surface area (Å²) in [5.41, 5.74) is 3.78. The van der Waals surface area contributed by atoms with Gasteiger partial charge in [-0.25, -0.2) is 0 Å². The Kier molecular flexibility index (Phi) is 18.8. The molecule has 0 amide bonds. The molecule has 1 fully saturated rings. The smallest absolute Gasteiger partial charge is 0.153 e. The van der Waals surface area contributed by atoms with Gasteiger partial charge >= 0.3 is 0 Å². The van der Waals surface area contributed by atoms with Gasteiger partial charge in [0.05, 0.1) is 5.56 Å². The van der Waals surface area contributed by atoms with Crippen molar-refractivity contribution in [1.82, 2.24) is 10.2 Å². The first-order valence-electron chi connectivity index (χ1n) is 13.4. The zero-order chi connectivity index (χ0) is 27.3. The summed E-state index contributed by atoms with van der Waals surface area (Å²) in [4.78, 5) is 13.2. The quantitative estimate of drug-likeness (QED) is 0.274. The molecule has 0 saturated carbocycles. The highest BCUT2D eigenvalue weighted by Crippen LogP contribution is 2.22. The zero-order valence-electron chi connectivity index (χ0n) is 23.6. The fourth-order valence-electron chi connectivity index (χ4n) is 3.78. The van der Waals surface area contributed by atoms with E-state index in [0.717, 1.165) is 62.3 Å². The molecule has 0 unspecified atom stereocenters. The molecule has 1 aromatic heterocycles. The molecular weight excluding hydrogens is 448 g/mol. The van der Waals surface area contributed by atoms with Crippen molar-refractivity contribution in [2.24, 2.45) is 5.92 Å². The highest BCUT2D eigenvalue weighted by molar-refractivity contribution is 5.74. The van der Waals surface area contributed by atoms with Crippen molar-refractivity contribution in [2.45, 2.75) is 80.2 Å². The van der Waals surface area contributed by atoms with E-state index in [0.29, 0.717) is 17.2 Å². The van der Waals surface area contributed by atoms with Gasteiger partial charge in [-0.05, 0) is 68.8 Å². The Balaban J connectivity index is 0.00000137. The molecule has 2 heterocycles. The van der Waals surface area contributed by atoms with Gasteiger partial charge in [-0.3, -0.25) is 9.69 Å². The van der Waals surface area contributed by atoms with Crippen LogP contribution in [0.4, 0.5) is 0 Å². The van der Waals surface area contributed by atoms with E-state index in [2.05, 4.69) is 43.3 Å². The maximum atomic E-state index is 10.7. The van der Waals surface area contributed by atoms with E-state index in [1.807, 2.05) is 33.8 Å². The van der Waals surface area contributed by atoms with E-state index in [1.165, 1.54) is 31.1 Å².